The van der Waals surface area contributed by atoms with Crippen molar-refractivity contribution in [1.29, 1.82) is 0 Å². The first-order chi connectivity index (χ1) is 20.9. The molecule has 0 unspecified atom stereocenters. The number of carbonyl (C=O) groups is 2. The zero-order valence-electron chi connectivity index (χ0n) is 24.8. The topological polar surface area (TPSA) is 132 Å². The summed E-state index contributed by atoms with van der Waals surface area (Å²) >= 11 is 0. The van der Waals surface area contributed by atoms with Crippen LogP contribution in [-0.4, -0.2) is 84.0 Å². The third-order valence-electron chi connectivity index (χ3n) is 8.10. The van der Waals surface area contributed by atoms with Gasteiger partial charge in [0, 0.05) is 87.4 Å². The molecule has 0 saturated carbocycles. The van der Waals surface area contributed by atoms with Gasteiger partial charge in [0.1, 0.15) is 17.3 Å². The molecule has 1 aliphatic heterocycles. The number of hydrogen-bond donors (Lipinski definition) is 2. The molecule has 1 amide bonds. The maximum absolute atomic E-state index is 15.4. The van der Waals surface area contributed by atoms with E-state index in [1.807, 2.05) is 19.2 Å². The van der Waals surface area contributed by atoms with Crippen molar-refractivity contribution >= 4 is 44.4 Å². The molecule has 3 aromatic heterocycles. The van der Waals surface area contributed by atoms with Gasteiger partial charge in [-0.3, -0.25) is 14.3 Å². The molecule has 0 aliphatic carbocycles. The molecule has 1 aliphatic rings. The van der Waals surface area contributed by atoms with E-state index in [0.29, 0.717) is 16.6 Å². The van der Waals surface area contributed by atoms with E-state index in [9.17, 15) is 22.4 Å². The first kappa shape index (κ1) is 31.0. The molecule has 0 radical (unpaired) electrons. The highest BCUT2D eigenvalue weighted by Crippen LogP contribution is 2.30. The van der Waals surface area contributed by atoms with E-state index in [1.54, 1.807) is 37.2 Å². The van der Waals surface area contributed by atoms with Gasteiger partial charge in [-0.05, 0) is 43.2 Å². The van der Waals surface area contributed by atoms with Crippen LogP contribution in [0.5, 0.6) is 0 Å². The summed E-state index contributed by atoms with van der Waals surface area (Å²) < 4.78 is 58.2. The van der Waals surface area contributed by atoms with Gasteiger partial charge in [0.15, 0.2) is 5.82 Å². The fraction of sp³-hybridized carbons (Fsp3) is 0.333. The van der Waals surface area contributed by atoms with Crippen molar-refractivity contribution < 1.29 is 26.8 Å². The number of fused-ring (bicyclic) bond motifs is 1. The fourth-order valence-electron chi connectivity index (χ4n) is 5.19. The number of rotatable bonds is 9. The number of aromatic nitrogens is 3. The summed E-state index contributed by atoms with van der Waals surface area (Å²) in [4.78, 5) is 41.0. The molecule has 232 valence electrons. The minimum atomic E-state index is -4.12. The lowest BCUT2D eigenvalue weighted by Gasteiger charge is -2.37. The lowest BCUT2D eigenvalue weighted by atomic mass is 10.00. The normalized spacial score (nSPS) is 14.3. The Morgan fingerprint density at radius 3 is 2.41 bits per heavy atom. The van der Waals surface area contributed by atoms with E-state index >= 15 is 4.39 Å². The summed E-state index contributed by atoms with van der Waals surface area (Å²) in [5.41, 5.74) is 0.234. The van der Waals surface area contributed by atoms with Gasteiger partial charge in [-0.1, -0.05) is 6.92 Å². The summed E-state index contributed by atoms with van der Waals surface area (Å²) in [6, 6.07) is 7.44. The number of piperidine rings is 1. The molecule has 1 fully saturated rings. The van der Waals surface area contributed by atoms with E-state index in [0.717, 1.165) is 53.8 Å². The van der Waals surface area contributed by atoms with Crippen molar-refractivity contribution in [3.8, 4) is 11.1 Å². The number of H-pyrrole nitrogens is 1. The highest BCUT2D eigenvalue weighted by molar-refractivity contribution is 7.90. The van der Waals surface area contributed by atoms with Crippen molar-refractivity contribution in [1.82, 2.24) is 24.2 Å². The zero-order valence-corrected chi connectivity index (χ0v) is 25.6. The average molecular weight is 626 g/mol. The van der Waals surface area contributed by atoms with Crippen molar-refractivity contribution in [2.75, 3.05) is 43.4 Å². The summed E-state index contributed by atoms with van der Waals surface area (Å²) in [5, 5.41) is 0.337. The SMILES string of the molecule is CCN(C)S(=O)(=O)Nc1ccc(F)c(C(=O)c2c[nH]c3ncc(-c4ccc(N5CCC(N(C)C(C)=O)CC5)nc4)cc23)c1F. The highest BCUT2D eigenvalue weighted by Gasteiger charge is 2.27. The maximum atomic E-state index is 15.4. The van der Waals surface area contributed by atoms with Gasteiger partial charge in [-0.25, -0.2) is 18.7 Å². The molecule has 0 spiro atoms. The van der Waals surface area contributed by atoms with Crippen LogP contribution in [-0.2, 0) is 15.0 Å². The van der Waals surface area contributed by atoms with Crippen LogP contribution < -0.4 is 9.62 Å². The van der Waals surface area contributed by atoms with E-state index in [4.69, 9.17) is 0 Å². The van der Waals surface area contributed by atoms with Crippen LogP contribution in [0.2, 0.25) is 0 Å². The molecule has 4 heterocycles. The number of halogens is 2. The average Bonchev–Trinajstić information content (AvgIpc) is 3.45. The molecule has 1 saturated heterocycles. The predicted octanol–water partition coefficient (Wildman–Crippen LogP) is 4.19. The van der Waals surface area contributed by atoms with Gasteiger partial charge in [0.05, 0.1) is 11.3 Å². The van der Waals surface area contributed by atoms with E-state index in [-0.39, 0.29) is 24.1 Å². The lowest BCUT2D eigenvalue weighted by molar-refractivity contribution is -0.129. The third-order valence-corrected chi connectivity index (χ3v) is 9.66. The molecule has 0 atom stereocenters. The Balaban J connectivity index is 1.39. The molecule has 0 bridgehead atoms. The maximum Gasteiger partial charge on any atom is 0.301 e. The van der Waals surface area contributed by atoms with E-state index in [2.05, 4.69) is 24.6 Å². The molecule has 14 heteroatoms. The van der Waals surface area contributed by atoms with Crippen LogP contribution in [0.15, 0.2) is 48.9 Å². The summed E-state index contributed by atoms with van der Waals surface area (Å²) in [6.07, 6.45) is 6.31. The second-order valence-corrected chi connectivity index (χ2v) is 12.5. The van der Waals surface area contributed by atoms with Crippen molar-refractivity contribution in [2.45, 2.75) is 32.7 Å². The Kier molecular flexibility index (Phi) is 8.66. The number of hydrogen-bond acceptors (Lipinski definition) is 7. The third kappa shape index (κ3) is 5.99. The van der Waals surface area contributed by atoms with E-state index < -0.39 is 38.9 Å². The molecule has 4 aromatic rings. The van der Waals surface area contributed by atoms with Crippen LogP contribution >= 0.6 is 0 Å². The molecule has 5 rings (SSSR count). The standard InChI is InChI=1S/C30H33F2N7O4S/c1-5-37(3)44(42,43)36-25-8-7-24(31)27(28(25)32)29(41)23-17-35-30-22(23)14-20(16-34-30)19-6-9-26(33-15-19)39-12-10-21(11-13-39)38(4)18(2)40/h6-9,14-17,21,36H,5,10-13H2,1-4H3,(H,34,35). The Morgan fingerprint density at radius 1 is 1.07 bits per heavy atom. The van der Waals surface area contributed by atoms with Gasteiger partial charge < -0.3 is 14.8 Å². The second kappa shape index (κ2) is 12.3. The summed E-state index contributed by atoms with van der Waals surface area (Å²) in [5.74, 6) is -2.57. The smallest absolute Gasteiger partial charge is 0.301 e. The Hall–Kier alpha value is -4.43. The number of benzene rings is 1. The fourth-order valence-corrected chi connectivity index (χ4v) is 6.12. The number of anilines is 2. The highest BCUT2D eigenvalue weighted by atomic mass is 32.2. The number of carbonyl (C=O) groups excluding carboxylic acids is 2. The van der Waals surface area contributed by atoms with Crippen molar-refractivity contribution in [3.05, 3.63) is 71.7 Å². The van der Waals surface area contributed by atoms with Gasteiger partial charge in [0.2, 0.25) is 11.7 Å². The molecule has 11 nitrogen and oxygen atoms in total. The number of nitrogens with zero attached hydrogens (tertiary/aromatic N) is 5. The van der Waals surface area contributed by atoms with Gasteiger partial charge >= 0.3 is 10.2 Å². The minimum absolute atomic E-state index is 0.0270. The molecular weight excluding hydrogens is 592 g/mol. The van der Waals surface area contributed by atoms with Crippen LogP contribution in [0, 0.1) is 11.6 Å². The Bertz CT molecular complexity index is 1820. The van der Waals surface area contributed by atoms with Crippen molar-refractivity contribution in [2.24, 2.45) is 0 Å². The Morgan fingerprint density at radius 2 is 1.77 bits per heavy atom. The molecule has 2 N–H and O–H groups in total. The number of ketones is 1. The lowest BCUT2D eigenvalue weighted by Crippen LogP contribution is -2.45. The zero-order chi connectivity index (χ0) is 31.8. The van der Waals surface area contributed by atoms with Crippen LogP contribution in [0.3, 0.4) is 0 Å². The summed E-state index contributed by atoms with van der Waals surface area (Å²) in [6.45, 7) is 4.81. The monoisotopic (exact) mass is 625 g/mol. The number of pyridine rings is 2. The number of amides is 1. The largest absolute Gasteiger partial charge is 0.356 e. The van der Waals surface area contributed by atoms with Gasteiger partial charge in [0.25, 0.3) is 0 Å². The van der Waals surface area contributed by atoms with Crippen LogP contribution in [0.1, 0.15) is 42.6 Å². The quantitative estimate of drug-likeness (QED) is 0.267. The van der Waals surface area contributed by atoms with Crippen LogP contribution in [0.25, 0.3) is 22.2 Å². The predicted molar refractivity (Wildman–Crippen MR) is 164 cm³/mol. The minimum Gasteiger partial charge on any atom is -0.356 e. The van der Waals surface area contributed by atoms with Crippen LogP contribution in [0.4, 0.5) is 20.3 Å². The van der Waals surface area contributed by atoms with Crippen molar-refractivity contribution in [3.63, 3.8) is 0 Å². The number of aromatic amines is 1. The van der Waals surface area contributed by atoms with Gasteiger partial charge in [-0.15, -0.1) is 0 Å². The molecular formula is C30H33F2N7O4S. The first-order valence-corrected chi connectivity index (χ1v) is 15.5. The first-order valence-electron chi connectivity index (χ1n) is 14.1. The van der Waals surface area contributed by atoms with Gasteiger partial charge in [-0.2, -0.15) is 12.7 Å². The second-order valence-electron chi connectivity index (χ2n) is 10.7. The van der Waals surface area contributed by atoms with E-state index in [1.165, 1.54) is 13.2 Å². The summed E-state index contributed by atoms with van der Waals surface area (Å²) in [7, 11) is -0.990. The number of nitrogens with one attached hydrogen (secondary N) is 2. The molecule has 1 aromatic carbocycles. The molecule has 44 heavy (non-hydrogen) atoms. The Labute approximate surface area is 254 Å².